The molecule has 0 aromatic heterocycles. The summed E-state index contributed by atoms with van der Waals surface area (Å²) in [7, 11) is 0. The summed E-state index contributed by atoms with van der Waals surface area (Å²) in [6.45, 7) is 4.63. The van der Waals surface area contributed by atoms with Gasteiger partial charge in [-0.3, -0.25) is 0 Å². The summed E-state index contributed by atoms with van der Waals surface area (Å²) in [6.07, 6.45) is 3.64. The van der Waals surface area contributed by atoms with E-state index in [1.165, 1.54) is 18.5 Å². The molecule has 2 heteroatoms. The van der Waals surface area contributed by atoms with Crippen LogP contribution >= 0.6 is 0 Å². The van der Waals surface area contributed by atoms with Gasteiger partial charge in [-0.2, -0.15) is 0 Å². The smallest absolute Gasteiger partial charge is 0.0295 e. The number of benzene rings is 1. The summed E-state index contributed by atoms with van der Waals surface area (Å²) in [4.78, 5) is 0. The minimum Gasteiger partial charge on any atom is -0.324 e. The zero-order chi connectivity index (χ0) is 12.1. The van der Waals surface area contributed by atoms with Gasteiger partial charge in [0.2, 0.25) is 0 Å². The van der Waals surface area contributed by atoms with Gasteiger partial charge in [0.1, 0.15) is 0 Å². The molecule has 3 N–H and O–H groups in total. The van der Waals surface area contributed by atoms with Crippen LogP contribution in [0.4, 0.5) is 0 Å². The van der Waals surface area contributed by atoms with Crippen LogP contribution in [-0.4, -0.2) is 13.1 Å². The quantitative estimate of drug-likeness (QED) is 0.709. The van der Waals surface area contributed by atoms with Gasteiger partial charge in [-0.05, 0) is 49.8 Å². The Bertz CT molecular complexity index is 323. The molecule has 0 bridgehead atoms. The number of hydrogen-bond acceptors (Lipinski definition) is 2. The lowest BCUT2D eigenvalue weighted by Crippen LogP contribution is -2.20. The largest absolute Gasteiger partial charge is 0.324 e. The Kier molecular flexibility index (Phi) is 4.57. The fraction of sp³-hybridized carbons (Fsp3) is 0.600. The molecule has 0 spiro atoms. The first kappa shape index (κ1) is 12.6. The van der Waals surface area contributed by atoms with E-state index >= 15 is 0 Å². The summed E-state index contributed by atoms with van der Waals surface area (Å²) in [5, 5.41) is 3.53. The lowest BCUT2D eigenvalue weighted by Gasteiger charge is -2.12. The molecular formula is C15H24N2. The zero-order valence-electron chi connectivity index (χ0n) is 10.7. The predicted octanol–water partition coefficient (Wildman–Crippen LogP) is 2.71. The van der Waals surface area contributed by atoms with Crippen molar-refractivity contribution in [2.24, 2.45) is 17.6 Å². The van der Waals surface area contributed by atoms with Crippen molar-refractivity contribution >= 4 is 0 Å². The number of rotatable bonds is 7. The molecule has 0 aliphatic heterocycles. The van der Waals surface area contributed by atoms with Crippen LogP contribution in [0.1, 0.15) is 37.8 Å². The Balaban J connectivity index is 1.55. The average molecular weight is 232 g/mol. The first-order valence-corrected chi connectivity index (χ1v) is 6.78. The lowest BCUT2D eigenvalue weighted by molar-refractivity contribution is 0.546. The van der Waals surface area contributed by atoms with Crippen molar-refractivity contribution in [2.75, 3.05) is 13.1 Å². The molecule has 3 unspecified atom stereocenters. The van der Waals surface area contributed by atoms with E-state index in [0.717, 1.165) is 31.2 Å². The lowest BCUT2D eigenvalue weighted by atomic mass is 10.0. The Hall–Kier alpha value is -0.860. The maximum Gasteiger partial charge on any atom is 0.0295 e. The van der Waals surface area contributed by atoms with Crippen LogP contribution in [0.5, 0.6) is 0 Å². The molecule has 17 heavy (non-hydrogen) atoms. The molecule has 1 saturated carbocycles. The van der Waals surface area contributed by atoms with E-state index in [4.69, 9.17) is 5.73 Å². The molecule has 0 heterocycles. The van der Waals surface area contributed by atoms with Crippen LogP contribution in [0.25, 0.3) is 0 Å². The van der Waals surface area contributed by atoms with Gasteiger partial charge in [0.05, 0.1) is 0 Å². The highest BCUT2D eigenvalue weighted by Crippen LogP contribution is 2.36. The Morgan fingerprint density at radius 3 is 2.71 bits per heavy atom. The summed E-state index contributed by atoms with van der Waals surface area (Å²) >= 11 is 0. The van der Waals surface area contributed by atoms with Crippen LogP contribution in [0, 0.1) is 11.8 Å². The van der Waals surface area contributed by atoms with Gasteiger partial charge in [0.15, 0.2) is 0 Å². The highest BCUT2D eigenvalue weighted by Gasteiger charge is 2.31. The highest BCUT2D eigenvalue weighted by molar-refractivity contribution is 5.18. The van der Waals surface area contributed by atoms with Crippen LogP contribution in [0.15, 0.2) is 30.3 Å². The Morgan fingerprint density at radius 2 is 2.06 bits per heavy atom. The molecule has 1 aliphatic rings. The van der Waals surface area contributed by atoms with Crippen LogP contribution in [-0.2, 0) is 0 Å². The SMILES string of the molecule is CC1CC1CNCCCC(N)c1ccccc1. The minimum absolute atomic E-state index is 0.192. The standard InChI is InChI=1S/C15H24N2/c1-12-10-14(12)11-17-9-5-8-15(16)13-6-3-2-4-7-13/h2-4,6-7,12,14-15,17H,5,8-11,16H2,1H3. The molecular weight excluding hydrogens is 208 g/mol. The van der Waals surface area contributed by atoms with Crippen molar-refractivity contribution in [3.63, 3.8) is 0 Å². The molecule has 2 rings (SSSR count). The maximum absolute atomic E-state index is 6.14. The first-order chi connectivity index (χ1) is 8.27. The molecule has 0 radical (unpaired) electrons. The third kappa shape index (κ3) is 4.14. The molecule has 2 nitrogen and oxygen atoms in total. The normalized spacial score (nSPS) is 24.6. The second kappa shape index (κ2) is 6.18. The van der Waals surface area contributed by atoms with E-state index in [2.05, 4.69) is 36.5 Å². The molecule has 1 aromatic rings. The van der Waals surface area contributed by atoms with E-state index in [0.29, 0.717) is 0 Å². The molecule has 0 amide bonds. The topological polar surface area (TPSA) is 38.0 Å². The van der Waals surface area contributed by atoms with Gasteiger partial charge >= 0.3 is 0 Å². The van der Waals surface area contributed by atoms with Crippen molar-refractivity contribution in [3.05, 3.63) is 35.9 Å². The third-order valence-electron chi connectivity index (χ3n) is 3.78. The summed E-state index contributed by atoms with van der Waals surface area (Å²) in [5.74, 6) is 1.90. The van der Waals surface area contributed by atoms with E-state index < -0.39 is 0 Å². The molecule has 1 aromatic carbocycles. The second-order valence-corrected chi connectivity index (χ2v) is 5.34. The third-order valence-corrected chi connectivity index (χ3v) is 3.78. The van der Waals surface area contributed by atoms with E-state index in [9.17, 15) is 0 Å². The average Bonchev–Trinajstić information content (AvgIpc) is 3.06. The van der Waals surface area contributed by atoms with Gasteiger partial charge in [-0.1, -0.05) is 37.3 Å². The van der Waals surface area contributed by atoms with Crippen molar-refractivity contribution in [3.8, 4) is 0 Å². The van der Waals surface area contributed by atoms with Crippen molar-refractivity contribution in [1.29, 1.82) is 0 Å². The predicted molar refractivity (Wildman–Crippen MR) is 72.7 cm³/mol. The number of hydrogen-bond donors (Lipinski definition) is 2. The van der Waals surface area contributed by atoms with E-state index in [1.54, 1.807) is 0 Å². The summed E-state index contributed by atoms with van der Waals surface area (Å²) in [6, 6.07) is 10.6. The van der Waals surface area contributed by atoms with Gasteiger partial charge in [-0.15, -0.1) is 0 Å². The molecule has 1 aliphatic carbocycles. The minimum atomic E-state index is 0.192. The zero-order valence-corrected chi connectivity index (χ0v) is 10.7. The molecule has 0 saturated heterocycles. The molecule has 3 atom stereocenters. The fourth-order valence-corrected chi connectivity index (χ4v) is 2.28. The van der Waals surface area contributed by atoms with E-state index in [1.807, 2.05) is 6.07 Å². The van der Waals surface area contributed by atoms with Gasteiger partial charge in [-0.25, -0.2) is 0 Å². The summed E-state index contributed by atoms with van der Waals surface area (Å²) in [5.41, 5.74) is 7.40. The maximum atomic E-state index is 6.14. The molecule has 94 valence electrons. The Labute approximate surface area is 105 Å². The monoisotopic (exact) mass is 232 g/mol. The van der Waals surface area contributed by atoms with Crippen LogP contribution < -0.4 is 11.1 Å². The first-order valence-electron chi connectivity index (χ1n) is 6.78. The van der Waals surface area contributed by atoms with Gasteiger partial charge in [0.25, 0.3) is 0 Å². The second-order valence-electron chi connectivity index (χ2n) is 5.34. The fourth-order valence-electron chi connectivity index (χ4n) is 2.28. The van der Waals surface area contributed by atoms with Crippen molar-refractivity contribution in [2.45, 2.75) is 32.2 Å². The summed E-state index contributed by atoms with van der Waals surface area (Å²) < 4.78 is 0. The van der Waals surface area contributed by atoms with Crippen LogP contribution in [0.3, 0.4) is 0 Å². The van der Waals surface area contributed by atoms with Crippen molar-refractivity contribution < 1.29 is 0 Å². The van der Waals surface area contributed by atoms with Gasteiger partial charge in [0, 0.05) is 6.04 Å². The van der Waals surface area contributed by atoms with Crippen LogP contribution in [0.2, 0.25) is 0 Å². The van der Waals surface area contributed by atoms with E-state index in [-0.39, 0.29) is 6.04 Å². The number of nitrogens with one attached hydrogen (secondary N) is 1. The van der Waals surface area contributed by atoms with Gasteiger partial charge < -0.3 is 11.1 Å². The van der Waals surface area contributed by atoms with Crippen molar-refractivity contribution in [1.82, 2.24) is 5.32 Å². The number of nitrogens with two attached hydrogens (primary N) is 1. The molecule has 1 fully saturated rings. The highest BCUT2D eigenvalue weighted by atomic mass is 14.9. The Morgan fingerprint density at radius 1 is 1.35 bits per heavy atom.